The van der Waals surface area contributed by atoms with Gasteiger partial charge in [-0.25, -0.2) is 9.59 Å². The number of esters is 2. The van der Waals surface area contributed by atoms with Crippen molar-refractivity contribution in [1.82, 2.24) is 0 Å². The SMILES string of the molecule is C=C(C)C(=O)OC(=O)OC1C2CC3C(=O)OC1C3C2. The van der Waals surface area contributed by atoms with Gasteiger partial charge in [0.1, 0.15) is 12.2 Å². The van der Waals surface area contributed by atoms with Crippen LogP contribution in [0.25, 0.3) is 0 Å². The molecule has 0 aromatic heterocycles. The maximum Gasteiger partial charge on any atom is 0.516 e. The van der Waals surface area contributed by atoms with Gasteiger partial charge < -0.3 is 14.2 Å². The third-order valence-corrected chi connectivity index (χ3v) is 4.17. The van der Waals surface area contributed by atoms with Crippen LogP contribution in [0, 0.1) is 17.8 Å². The van der Waals surface area contributed by atoms with Gasteiger partial charge in [-0.15, -0.1) is 0 Å². The van der Waals surface area contributed by atoms with Gasteiger partial charge in [-0.2, -0.15) is 0 Å². The van der Waals surface area contributed by atoms with Gasteiger partial charge >= 0.3 is 18.1 Å². The molecule has 2 bridgehead atoms. The monoisotopic (exact) mass is 266 g/mol. The van der Waals surface area contributed by atoms with Crippen LogP contribution in [0.15, 0.2) is 12.2 Å². The van der Waals surface area contributed by atoms with E-state index >= 15 is 0 Å². The number of hydrogen-bond donors (Lipinski definition) is 0. The number of carbonyl (C=O) groups is 3. The molecule has 1 heterocycles. The Kier molecular flexibility index (Phi) is 2.62. The van der Waals surface area contributed by atoms with E-state index in [1.165, 1.54) is 6.92 Å². The molecule has 1 saturated heterocycles. The Bertz CT molecular complexity index is 482. The van der Waals surface area contributed by atoms with Gasteiger partial charge in [0.15, 0.2) is 0 Å². The molecule has 0 N–H and O–H groups in total. The van der Waals surface area contributed by atoms with Crippen LogP contribution in [-0.2, 0) is 23.8 Å². The normalized spacial score (nSPS) is 37.9. The number of fused-ring (bicyclic) bond motifs is 1. The molecule has 0 spiro atoms. The van der Waals surface area contributed by atoms with Crippen molar-refractivity contribution in [2.24, 2.45) is 17.8 Å². The molecule has 5 atom stereocenters. The molecule has 6 heteroatoms. The van der Waals surface area contributed by atoms with E-state index in [9.17, 15) is 14.4 Å². The minimum Gasteiger partial charge on any atom is -0.458 e. The fourth-order valence-corrected chi connectivity index (χ4v) is 3.36. The Morgan fingerprint density at radius 1 is 1.37 bits per heavy atom. The molecule has 102 valence electrons. The van der Waals surface area contributed by atoms with Crippen molar-refractivity contribution in [2.45, 2.75) is 32.0 Å². The largest absolute Gasteiger partial charge is 0.516 e. The lowest BCUT2D eigenvalue weighted by Crippen LogP contribution is -2.36. The smallest absolute Gasteiger partial charge is 0.458 e. The summed E-state index contributed by atoms with van der Waals surface area (Å²) in [5.74, 6) is -0.779. The summed E-state index contributed by atoms with van der Waals surface area (Å²) in [4.78, 5) is 34.2. The Morgan fingerprint density at radius 2 is 2.11 bits per heavy atom. The van der Waals surface area contributed by atoms with Crippen molar-refractivity contribution in [2.75, 3.05) is 0 Å². The molecular formula is C13H14O6. The van der Waals surface area contributed by atoms with Crippen LogP contribution in [0.3, 0.4) is 0 Å². The second kappa shape index (κ2) is 4.08. The average Bonchev–Trinajstić information content (AvgIpc) is 2.93. The Hall–Kier alpha value is -1.85. The van der Waals surface area contributed by atoms with Gasteiger partial charge in [-0.1, -0.05) is 6.58 Å². The molecule has 3 aliphatic rings. The predicted octanol–water partition coefficient (Wildman–Crippen LogP) is 1.19. The number of carbonyl (C=O) groups excluding carboxylic acids is 3. The van der Waals surface area contributed by atoms with Gasteiger partial charge in [0, 0.05) is 17.4 Å². The Morgan fingerprint density at radius 3 is 2.79 bits per heavy atom. The fraction of sp³-hybridized carbons (Fsp3) is 0.615. The molecule has 3 fully saturated rings. The fourth-order valence-electron chi connectivity index (χ4n) is 3.36. The first-order valence-corrected chi connectivity index (χ1v) is 6.26. The van der Waals surface area contributed by atoms with Crippen molar-refractivity contribution in [3.8, 4) is 0 Å². The molecule has 3 rings (SSSR count). The third-order valence-electron chi connectivity index (χ3n) is 4.17. The lowest BCUT2D eigenvalue weighted by Gasteiger charge is -2.24. The summed E-state index contributed by atoms with van der Waals surface area (Å²) < 4.78 is 14.8. The maximum absolute atomic E-state index is 11.5. The molecule has 0 amide bonds. The zero-order chi connectivity index (χ0) is 13.7. The van der Waals surface area contributed by atoms with Crippen molar-refractivity contribution < 1.29 is 28.6 Å². The predicted molar refractivity (Wildman–Crippen MR) is 60.8 cm³/mol. The Labute approximate surface area is 109 Å². The average molecular weight is 266 g/mol. The zero-order valence-electron chi connectivity index (χ0n) is 10.5. The highest BCUT2D eigenvalue weighted by molar-refractivity contribution is 5.93. The van der Waals surface area contributed by atoms with Crippen LogP contribution >= 0.6 is 0 Å². The quantitative estimate of drug-likeness (QED) is 0.424. The minimum absolute atomic E-state index is 0.0390. The molecule has 5 unspecified atom stereocenters. The van der Waals surface area contributed by atoms with Crippen molar-refractivity contribution >= 4 is 18.1 Å². The van der Waals surface area contributed by atoms with Crippen molar-refractivity contribution in [1.29, 1.82) is 0 Å². The van der Waals surface area contributed by atoms with Crippen LogP contribution in [0.1, 0.15) is 19.8 Å². The lowest BCUT2D eigenvalue weighted by molar-refractivity contribution is -0.148. The standard InChI is InChI=1S/C13H14O6/c1-5(2)11(14)19-13(16)18-9-6-3-7-8(4-6)12(15)17-10(7)9/h6-10H,1,3-4H2,2H3. The van der Waals surface area contributed by atoms with Gasteiger partial charge in [0.25, 0.3) is 0 Å². The maximum atomic E-state index is 11.5. The summed E-state index contributed by atoms with van der Waals surface area (Å²) >= 11 is 0. The highest BCUT2D eigenvalue weighted by Crippen LogP contribution is 2.55. The molecule has 2 saturated carbocycles. The van der Waals surface area contributed by atoms with E-state index in [0.717, 1.165) is 6.42 Å². The summed E-state index contributed by atoms with van der Waals surface area (Å²) in [5, 5.41) is 0. The first kappa shape index (κ1) is 12.2. The minimum atomic E-state index is -1.05. The first-order valence-electron chi connectivity index (χ1n) is 6.26. The van der Waals surface area contributed by atoms with Gasteiger partial charge in [-0.3, -0.25) is 4.79 Å². The van der Waals surface area contributed by atoms with Crippen molar-refractivity contribution in [3.63, 3.8) is 0 Å². The van der Waals surface area contributed by atoms with Gasteiger partial charge in [0.05, 0.1) is 5.92 Å². The zero-order valence-corrected chi connectivity index (χ0v) is 10.5. The molecule has 1 aliphatic heterocycles. The van der Waals surface area contributed by atoms with E-state index in [2.05, 4.69) is 11.3 Å². The van der Waals surface area contributed by atoms with E-state index < -0.39 is 18.2 Å². The number of rotatable bonds is 2. The topological polar surface area (TPSA) is 78.9 Å². The van der Waals surface area contributed by atoms with E-state index in [4.69, 9.17) is 9.47 Å². The second-order valence-electron chi connectivity index (χ2n) is 5.41. The van der Waals surface area contributed by atoms with Crippen LogP contribution in [0.4, 0.5) is 4.79 Å². The van der Waals surface area contributed by atoms with E-state index in [0.29, 0.717) is 6.42 Å². The highest BCUT2D eigenvalue weighted by atomic mass is 16.7. The number of ether oxygens (including phenoxy) is 3. The lowest BCUT2D eigenvalue weighted by atomic mass is 9.88. The third kappa shape index (κ3) is 1.82. The Balaban J connectivity index is 1.63. The summed E-state index contributed by atoms with van der Waals surface area (Å²) in [6, 6.07) is 0. The van der Waals surface area contributed by atoms with E-state index in [-0.39, 0.29) is 35.4 Å². The van der Waals surface area contributed by atoms with E-state index in [1.807, 2.05) is 0 Å². The van der Waals surface area contributed by atoms with Gasteiger partial charge in [0.2, 0.25) is 0 Å². The van der Waals surface area contributed by atoms with Crippen LogP contribution in [0.5, 0.6) is 0 Å². The first-order chi connectivity index (χ1) is 8.97. The van der Waals surface area contributed by atoms with Crippen LogP contribution < -0.4 is 0 Å². The number of hydrogen-bond acceptors (Lipinski definition) is 6. The summed E-state index contributed by atoms with van der Waals surface area (Å²) in [7, 11) is 0. The van der Waals surface area contributed by atoms with E-state index in [1.54, 1.807) is 0 Å². The van der Waals surface area contributed by atoms with Crippen LogP contribution in [0.2, 0.25) is 0 Å². The molecule has 6 nitrogen and oxygen atoms in total. The molecule has 0 radical (unpaired) electrons. The highest BCUT2D eigenvalue weighted by Gasteiger charge is 2.63. The van der Waals surface area contributed by atoms with Gasteiger partial charge in [-0.05, 0) is 19.8 Å². The second-order valence-corrected chi connectivity index (χ2v) is 5.41. The molecule has 2 aliphatic carbocycles. The van der Waals surface area contributed by atoms with Crippen molar-refractivity contribution in [3.05, 3.63) is 12.2 Å². The molecule has 19 heavy (non-hydrogen) atoms. The molecular weight excluding hydrogens is 252 g/mol. The summed E-state index contributed by atoms with van der Waals surface area (Å²) in [5.41, 5.74) is 0.122. The summed E-state index contributed by atoms with van der Waals surface area (Å²) in [6.45, 7) is 4.82. The molecule has 0 aromatic carbocycles. The summed E-state index contributed by atoms with van der Waals surface area (Å²) in [6.07, 6.45) is -0.397. The van der Waals surface area contributed by atoms with Crippen LogP contribution in [-0.4, -0.2) is 30.3 Å². The molecule has 0 aromatic rings.